The van der Waals surface area contributed by atoms with E-state index in [1.807, 2.05) is 13.0 Å². The third kappa shape index (κ3) is 3.66. The van der Waals surface area contributed by atoms with Gasteiger partial charge in [-0.3, -0.25) is 9.59 Å². The van der Waals surface area contributed by atoms with E-state index in [2.05, 4.69) is 9.97 Å². The van der Waals surface area contributed by atoms with Crippen molar-refractivity contribution in [2.75, 3.05) is 13.1 Å². The third-order valence-electron chi connectivity index (χ3n) is 3.33. The highest BCUT2D eigenvalue weighted by Gasteiger charge is 2.13. The van der Waals surface area contributed by atoms with Gasteiger partial charge in [0, 0.05) is 13.0 Å². The fourth-order valence-corrected chi connectivity index (χ4v) is 2.18. The Labute approximate surface area is 123 Å². The molecule has 0 aliphatic carbocycles. The Bertz CT molecular complexity index is 681. The molecule has 0 spiro atoms. The van der Waals surface area contributed by atoms with Crippen molar-refractivity contribution in [2.24, 2.45) is 5.73 Å². The number of aromatic amines is 1. The van der Waals surface area contributed by atoms with Gasteiger partial charge in [0.15, 0.2) is 0 Å². The van der Waals surface area contributed by atoms with Gasteiger partial charge < -0.3 is 15.6 Å². The van der Waals surface area contributed by atoms with Gasteiger partial charge in [-0.1, -0.05) is 12.1 Å². The number of hydrogen-bond acceptors (Lipinski definition) is 4. The fourth-order valence-electron chi connectivity index (χ4n) is 2.18. The van der Waals surface area contributed by atoms with Crippen LogP contribution >= 0.6 is 0 Å². The van der Waals surface area contributed by atoms with Gasteiger partial charge in [-0.2, -0.15) is 0 Å². The Morgan fingerprint density at radius 1 is 1.38 bits per heavy atom. The van der Waals surface area contributed by atoms with Crippen molar-refractivity contribution in [1.29, 1.82) is 0 Å². The zero-order chi connectivity index (χ0) is 15.2. The summed E-state index contributed by atoms with van der Waals surface area (Å²) in [6.07, 6.45) is 1.08. The minimum absolute atomic E-state index is 0.0266. The maximum absolute atomic E-state index is 12.0. The zero-order valence-corrected chi connectivity index (χ0v) is 12.1. The number of nitrogens with two attached hydrogens (primary N) is 1. The number of carbonyl (C=O) groups excluding carboxylic acids is 1. The number of rotatable bonds is 6. The highest BCUT2D eigenvalue weighted by Crippen LogP contribution is 2.08. The van der Waals surface area contributed by atoms with Crippen molar-refractivity contribution in [1.82, 2.24) is 14.9 Å². The molecule has 1 aromatic carbocycles. The molecular weight excluding hydrogens is 268 g/mol. The Kier molecular flexibility index (Phi) is 5.05. The summed E-state index contributed by atoms with van der Waals surface area (Å²) in [4.78, 5) is 32.9. The lowest BCUT2D eigenvalue weighted by molar-refractivity contribution is -0.131. The van der Waals surface area contributed by atoms with E-state index >= 15 is 0 Å². The van der Waals surface area contributed by atoms with Crippen LogP contribution in [0.2, 0.25) is 0 Å². The van der Waals surface area contributed by atoms with Crippen molar-refractivity contribution in [3.8, 4) is 0 Å². The summed E-state index contributed by atoms with van der Waals surface area (Å²) in [5, 5.41) is 0.554. The monoisotopic (exact) mass is 288 g/mol. The van der Waals surface area contributed by atoms with Gasteiger partial charge in [-0.15, -0.1) is 0 Å². The van der Waals surface area contributed by atoms with Gasteiger partial charge in [0.2, 0.25) is 5.91 Å². The van der Waals surface area contributed by atoms with E-state index in [0.29, 0.717) is 49.2 Å². The molecule has 2 rings (SSSR count). The van der Waals surface area contributed by atoms with E-state index in [0.717, 1.165) is 0 Å². The predicted molar refractivity (Wildman–Crippen MR) is 81.7 cm³/mol. The average Bonchev–Trinajstić information content (AvgIpc) is 2.50. The summed E-state index contributed by atoms with van der Waals surface area (Å²) in [6, 6.07) is 7.16. The first-order chi connectivity index (χ1) is 10.2. The molecule has 0 radical (unpaired) electrons. The van der Waals surface area contributed by atoms with Crippen LogP contribution in [0.25, 0.3) is 10.9 Å². The number of nitrogens with one attached hydrogen (secondary N) is 1. The Morgan fingerprint density at radius 3 is 2.86 bits per heavy atom. The molecule has 1 amide bonds. The van der Waals surface area contributed by atoms with E-state index in [4.69, 9.17) is 5.73 Å². The smallest absolute Gasteiger partial charge is 0.258 e. The highest BCUT2D eigenvalue weighted by molar-refractivity contribution is 5.77. The molecule has 1 aromatic heterocycles. The third-order valence-corrected chi connectivity index (χ3v) is 3.33. The first-order valence-electron chi connectivity index (χ1n) is 7.11. The number of hydrogen-bond donors (Lipinski definition) is 2. The van der Waals surface area contributed by atoms with Crippen LogP contribution in [0.15, 0.2) is 29.1 Å². The van der Waals surface area contributed by atoms with E-state index in [-0.39, 0.29) is 11.5 Å². The standard InChI is InChI=1S/C15H20N4O2/c1-2-19(14(20)8-5-9-16)10-13-17-12-7-4-3-6-11(12)15(21)18-13/h3-4,6-7H,2,5,8-10,16H2,1H3,(H,17,18,21). The molecule has 0 atom stereocenters. The van der Waals surface area contributed by atoms with Crippen molar-refractivity contribution >= 4 is 16.8 Å². The summed E-state index contributed by atoms with van der Waals surface area (Å²) in [5.41, 5.74) is 5.88. The number of aromatic nitrogens is 2. The van der Waals surface area contributed by atoms with Crippen LogP contribution in [-0.2, 0) is 11.3 Å². The van der Waals surface area contributed by atoms with Crippen LogP contribution in [0, 0.1) is 0 Å². The first kappa shape index (κ1) is 15.2. The van der Waals surface area contributed by atoms with Gasteiger partial charge in [0.05, 0.1) is 17.4 Å². The van der Waals surface area contributed by atoms with E-state index < -0.39 is 0 Å². The highest BCUT2D eigenvalue weighted by atomic mass is 16.2. The number of amides is 1. The van der Waals surface area contributed by atoms with Gasteiger partial charge in [0.1, 0.15) is 5.82 Å². The average molecular weight is 288 g/mol. The molecule has 6 heteroatoms. The summed E-state index contributed by atoms with van der Waals surface area (Å²) >= 11 is 0. The largest absolute Gasteiger partial charge is 0.336 e. The molecular formula is C15H20N4O2. The number of para-hydroxylation sites is 1. The molecule has 6 nitrogen and oxygen atoms in total. The predicted octanol–water partition coefficient (Wildman–Crippen LogP) is 1.01. The van der Waals surface area contributed by atoms with Crippen molar-refractivity contribution < 1.29 is 4.79 Å². The second-order valence-corrected chi connectivity index (χ2v) is 4.83. The maximum atomic E-state index is 12.0. The molecule has 0 saturated heterocycles. The second-order valence-electron chi connectivity index (χ2n) is 4.83. The van der Waals surface area contributed by atoms with Crippen LogP contribution in [-0.4, -0.2) is 33.9 Å². The molecule has 0 fully saturated rings. The van der Waals surface area contributed by atoms with Crippen molar-refractivity contribution in [2.45, 2.75) is 26.3 Å². The van der Waals surface area contributed by atoms with Gasteiger partial charge in [-0.25, -0.2) is 4.98 Å². The minimum atomic E-state index is -0.180. The van der Waals surface area contributed by atoms with Crippen LogP contribution in [0.4, 0.5) is 0 Å². The van der Waals surface area contributed by atoms with E-state index in [1.54, 1.807) is 23.1 Å². The number of fused-ring (bicyclic) bond motifs is 1. The quantitative estimate of drug-likeness (QED) is 0.829. The molecule has 0 bridgehead atoms. The maximum Gasteiger partial charge on any atom is 0.258 e. The summed E-state index contributed by atoms with van der Waals surface area (Å²) in [7, 11) is 0. The molecule has 21 heavy (non-hydrogen) atoms. The second kappa shape index (κ2) is 6.99. The molecule has 3 N–H and O–H groups in total. The van der Waals surface area contributed by atoms with Crippen molar-refractivity contribution in [3.05, 3.63) is 40.4 Å². The Balaban J connectivity index is 2.21. The van der Waals surface area contributed by atoms with Crippen LogP contribution in [0.5, 0.6) is 0 Å². The molecule has 0 aliphatic heterocycles. The fraction of sp³-hybridized carbons (Fsp3) is 0.400. The molecule has 0 aliphatic rings. The number of H-pyrrole nitrogens is 1. The van der Waals surface area contributed by atoms with Gasteiger partial charge in [0.25, 0.3) is 5.56 Å². The van der Waals surface area contributed by atoms with E-state index in [9.17, 15) is 9.59 Å². The lowest BCUT2D eigenvalue weighted by Gasteiger charge is -2.20. The minimum Gasteiger partial charge on any atom is -0.336 e. The summed E-state index contributed by atoms with van der Waals surface area (Å²) in [5.74, 6) is 0.528. The molecule has 2 aromatic rings. The summed E-state index contributed by atoms with van der Waals surface area (Å²) in [6.45, 7) is 3.27. The topological polar surface area (TPSA) is 92.1 Å². The zero-order valence-electron chi connectivity index (χ0n) is 12.1. The molecule has 0 saturated carbocycles. The normalized spacial score (nSPS) is 10.8. The number of carbonyl (C=O) groups is 1. The van der Waals surface area contributed by atoms with Crippen LogP contribution in [0.3, 0.4) is 0 Å². The lowest BCUT2D eigenvalue weighted by atomic mass is 10.2. The molecule has 112 valence electrons. The first-order valence-corrected chi connectivity index (χ1v) is 7.11. The van der Waals surface area contributed by atoms with Crippen molar-refractivity contribution in [3.63, 3.8) is 0 Å². The lowest BCUT2D eigenvalue weighted by Crippen LogP contribution is -2.32. The van der Waals surface area contributed by atoms with Gasteiger partial charge >= 0.3 is 0 Å². The van der Waals surface area contributed by atoms with Crippen LogP contribution in [0.1, 0.15) is 25.6 Å². The molecule has 1 heterocycles. The number of benzene rings is 1. The van der Waals surface area contributed by atoms with Gasteiger partial charge in [-0.05, 0) is 32.0 Å². The van der Waals surface area contributed by atoms with E-state index in [1.165, 1.54) is 0 Å². The number of nitrogens with zero attached hydrogens (tertiary/aromatic N) is 2. The Hall–Kier alpha value is -2.21. The Morgan fingerprint density at radius 2 is 2.14 bits per heavy atom. The summed E-state index contributed by atoms with van der Waals surface area (Å²) < 4.78 is 0. The SMILES string of the molecule is CCN(Cc1nc2ccccc2c(=O)[nH]1)C(=O)CCCN. The molecule has 0 unspecified atom stereocenters. The van der Waals surface area contributed by atoms with Crippen LogP contribution < -0.4 is 11.3 Å².